The van der Waals surface area contributed by atoms with Gasteiger partial charge in [0.2, 0.25) is 0 Å². The zero-order valence-corrected chi connectivity index (χ0v) is 18.4. The number of carboxylic acid groups (broad SMARTS) is 1. The molecule has 0 saturated heterocycles. The molecule has 1 amide bonds. The van der Waals surface area contributed by atoms with Crippen molar-refractivity contribution < 1.29 is 14.7 Å². The number of nitriles is 1. The van der Waals surface area contributed by atoms with Gasteiger partial charge in [0.1, 0.15) is 5.56 Å². The van der Waals surface area contributed by atoms with E-state index in [0.717, 1.165) is 0 Å². The zero-order chi connectivity index (χ0) is 23.4. The standard InChI is InChI=1S/C23H17Cl2N3O4/c1-2-28-15(12-27-22(30)16-6-4-3-5-14(16)11-26)10-19(29)20(23(31)32)21(28)13-7-8-17(24)18(25)9-13/h3-10H,2,12H2,1H3,(H,27,30)(H,31,32). The van der Waals surface area contributed by atoms with E-state index in [1.54, 1.807) is 29.7 Å². The zero-order valence-electron chi connectivity index (χ0n) is 16.9. The summed E-state index contributed by atoms with van der Waals surface area (Å²) < 4.78 is 1.63. The summed E-state index contributed by atoms with van der Waals surface area (Å²) in [6.45, 7) is 2.04. The Morgan fingerprint density at radius 2 is 1.84 bits per heavy atom. The lowest BCUT2D eigenvalue weighted by Crippen LogP contribution is -2.29. The summed E-state index contributed by atoms with van der Waals surface area (Å²) in [6.07, 6.45) is 0. The summed E-state index contributed by atoms with van der Waals surface area (Å²) in [5, 5.41) is 22.1. The molecule has 9 heteroatoms. The van der Waals surface area contributed by atoms with E-state index in [2.05, 4.69) is 5.32 Å². The van der Waals surface area contributed by atoms with Crippen molar-refractivity contribution in [1.82, 2.24) is 9.88 Å². The highest BCUT2D eigenvalue weighted by Gasteiger charge is 2.22. The first-order valence-electron chi connectivity index (χ1n) is 9.51. The number of carboxylic acids is 1. The second kappa shape index (κ2) is 9.69. The number of aromatic carboxylic acids is 1. The lowest BCUT2D eigenvalue weighted by atomic mass is 10.0. The highest BCUT2D eigenvalue weighted by molar-refractivity contribution is 6.42. The molecule has 0 fully saturated rings. The minimum Gasteiger partial charge on any atom is -0.477 e. The summed E-state index contributed by atoms with van der Waals surface area (Å²) >= 11 is 12.1. The van der Waals surface area contributed by atoms with Gasteiger partial charge in [-0.25, -0.2) is 4.79 Å². The number of benzene rings is 2. The van der Waals surface area contributed by atoms with Crippen molar-refractivity contribution in [2.75, 3.05) is 0 Å². The van der Waals surface area contributed by atoms with Gasteiger partial charge >= 0.3 is 5.97 Å². The van der Waals surface area contributed by atoms with E-state index < -0.39 is 22.9 Å². The van der Waals surface area contributed by atoms with Crippen molar-refractivity contribution >= 4 is 35.1 Å². The number of nitrogens with zero attached hydrogens (tertiary/aromatic N) is 2. The number of hydrogen-bond acceptors (Lipinski definition) is 4. The molecule has 162 valence electrons. The Labute approximate surface area is 193 Å². The molecule has 0 atom stereocenters. The smallest absolute Gasteiger partial charge is 0.341 e. The number of amides is 1. The van der Waals surface area contributed by atoms with E-state index in [4.69, 9.17) is 23.2 Å². The first kappa shape index (κ1) is 23.1. The Bertz CT molecular complexity index is 1330. The van der Waals surface area contributed by atoms with Crippen LogP contribution in [0, 0.1) is 11.3 Å². The van der Waals surface area contributed by atoms with Crippen LogP contribution in [0.4, 0.5) is 0 Å². The van der Waals surface area contributed by atoms with Crippen LogP contribution in [0.3, 0.4) is 0 Å². The molecule has 1 heterocycles. The maximum absolute atomic E-state index is 12.7. The summed E-state index contributed by atoms with van der Waals surface area (Å²) in [7, 11) is 0. The van der Waals surface area contributed by atoms with Crippen molar-refractivity contribution in [2.24, 2.45) is 0 Å². The molecule has 0 radical (unpaired) electrons. The normalized spacial score (nSPS) is 10.4. The number of rotatable bonds is 6. The van der Waals surface area contributed by atoms with E-state index in [1.165, 1.54) is 30.3 Å². The van der Waals surface area contributed by atoms with Crippen molar-refractivity contribution in [3.05, 3.63) is 91.2 Å². The number of hydrogen-bond donors (Lipinski definition) is 2. The minimum atomic E-state index is -1.38. The molecule has 1 aromatic heterocycles. The molecule has 2 aromatic carbocycles. The monoisotopic (exact) mass is 469 g/mol. The average molecular weight is 470 g/mol. The number of halogens is 2. The third-order valence-electron chi connectivity index (χ3n) is 4.84. The van der Waals surface area contributed by atoms with E-state index in [1.807, 2.05) is 6.07 Å². The van der Waals surface area contributed by atoms with Crippen LogP contribution in [0.2, 0.25) is 10.0 Å². The highest BCUT2D eigenvalue weighted by atomic mass is 35.5. The number of pyridine rings is 1. The quantitative estimate of drug-likeness (QED) is 0.557. The van der Waals surface area contributed by atoms with E-state index in [9.17, 15) is 24.8 Å². The highest BCUT2D eigenvalue weighted by Crippen LogP contribution is 2.30. The third kappa shape index (κ3) is 4.52. The molecule has 0 spiro atoms. The predicted molar refractivity (Wildman–Crippen MR) is 121 cm³/mol. The molecule has 32 heavy (non-hydrogen) atoms. The molecule has 2 N–H and O–H groups in total. The third-order valence-corrected chi connectivity index (χ3v) is 5.58. The SMILES string of the molecule is CCn1c(CNC(=O)c2ccccc2C#N)cc(=O)c(C(=O)O)c1-c1ccc(Cl)c(Cl)c1. The van der Waals surface area contributed by atoms with Gasteiger partial charge in [0.25, 0.3) is 5.91 Å². The van der Waals surface area contributed by atoms with Gasteiger partial charge in [-0.2, -0.15) is 5.26 Å². The lowest BCUT2D eigenvalue weighted by molar-refractivity contribution is 0.0695. The molecular formula is C23H17Cl2N3O4. The minimum absolute atomic E-state index is 0.0596. The first-order valence-corrected chi connectivity index (χ1v) is 10.3. The summed E-state index contributed by atoms with van der Waals surface area (Å²) in [4.78, 5) is 37.2. The predicted octanol–water partition coefficient (Wildman–Crippen LogP) is 4.34. The van der Waals surface area contributed by atoms with Crippen molar-refractivity contribution in [3.63, 3.8) is 0 Å². The van der Waals surface area contributed by atoms with Gasteiger partial charge in [-0.1, -0.05) is 41.4 Å². The van der Waals surface area contributed by atoms with E-state index in [-0.39, 0.29) is 33.4 Å². The van der Waals surface area contributed by atoms with Gasteiger partial charge in [0.05, 0.1) is 39.5 Å². The van der Waals surface area contributed by atoms with Crippen molar-refractivity contribution in [3.8, 4) is 17.3 Å². The Kier molecular flexibility index (Phi) is 6.98. The van der Waals surface area contributed by atoms with Crippen molar-refractivity contribution in [1.29, 1.82) is 5.26 Å². The number of carbonyl (C=O) groups is 2. The Morgan fingerprint density at radius 1 is 1.12 bits per heavy atom. The van der Waals surface area contributed by atoms with Crippen LogP contribution in [-0.2, 0) is 13.1 Å². The Balaban J connectivity index is 2.09. The van der Waals surface area contributed by atoms with Gasteiger partial charge in [-0.15, -0.1) is 0 Å². The molecule has 3 rings (SSSR count). The fourth-order valence-electron chi connectivity index (χ4n) is 3.40. The van der Waals surface area contributed by atoms with Crippen LogP contribution in [0.15, 0.2) is 53.3 Å². The molecule has 0 bridgehead atoms. The lowest BCUT2D eigenvalue weighted by Gasteiger charge is -2.20. The van der Waals surface area contributed by atoms with Gasteiger partial charge in [-0.05, 0) is 31.2 Å². The molecular weight excluding hydrogens is 453 g/mol. The van der Waals surface area contributed by atoms with Crippen LogP contribution < -0.4 is 10.7 Å². The van der Waals surface area contributed by atoms with Crippen LogP contribution in [0.1, 0.15) is 38.9 Å². The molecule has 0 unspecified atom stereocenters. The fraction of sp³-hybridized carbons (Fsp3) is 0.130. The number of nitrogens with one attached hydrogen (secondary N) is 1. The van der Waals surface area contributed by atoms with Gasteiger partial charge < -0.3 is 15.0 Å². The Morgan fingerprint density at radius 3 is 2.47 bits per heavy atom. The topological polar surface area (TPSA) is 112 Å². The molecule has 0 aliphatic heterocycles. The van der Waals surface area contributed by atoms with Gasteiger partial charge in [0, 0.05) is 23.9 Å². The molecule has 7 nitrogen and oxygen atoms in total. The van der Waals surface area contributed by atoms with Crippen LogP contribution >= 0.6 is 23.2 Å². The molecule has 3 aromatic rings. The second-order valence-electron chi connectivity index (χ2n) is 6.74. The molecule has 0 aliphatic carbocycles. The maximum atomic E-state index is 12.7. The number of aromatic nitrogens is 1. The fourth-order valence-corrected chi connectivity index (χ4v) is 3.70. The summed E-state index contributed by atoms with van der Waals surface area (Å²) in [6, 6.07) is 14.1. The van der Waals surface area contributed by atoms with Crippen molar-refractivity contribution in [2.45, 2.75) is 20.0 Å². The summed E-state index contributed by atoms with van der Waals surface area (Å²) in [5.74, 6) is -1.87. The van der Waals surface area contributed by atoms with Gasteiger partial charge in [-0.3, -0.25) is 9.59 Å². The summed E-state index contributed by atoms with van der Waals surface area (Å²) in [5.41, 5.74) is 0.265. The van der Waals surface area contributed by atoms with E-state index >= 15 is 0 Å². The van der Waals surface area contributed by atoms with E-state index in [0.29, 0.717) is 17.8 Å². The van der Waals surface area contributed by atoms with Gasteiger partial charge in [0.15, 0.2) is 5.43 Å². The number of carbonyl (C=O) groups excluding carboxylic acids is 1. The molecule has 0 aliphatic rings. The van der Waals surface area contributed by atoms with Crippen LogP contribution in [0.25, 0.3) is 11.3 Å². The largest absolute Gasteiger partial charge is 0.477 e. The second-order valence-corrected chi connectivity index (χ2v) is 7.56. The van der Waals surface area contributed by atoms with Crippen LogP contribution in [0.5, 0.6) is 0 Å². The Hall–Kier alpha value is -3.60. The average Bonchev–Trinajstić information content (AvgIpc) is 2.78. The first-order chi connectivity index (χ1) is 15.3. The van der Waals surface area contributed by atoms with Crippen LogP contribution in [-0.4, -0.2) is 21.6 Å². The maximum Gasteiger partial charge on any atom is 0.341 e. The molecule has 0 saturated carbocycles.